The molecule has 70 valence electrons. The Morgan fingerprint density at radius 1 is 1.42 bits per heavy atom. The van der Waals surface area contributed by atoms with E-state index in [9.17, 15) is 4.79 Å². The van der Waals surface area contributed by atoms with Gasteiger partial charge in [-0.15, -0.1) is 0 Å². The van der Waals surface area contributed by atoms with E-state index in [1.165, 1.54) is 0 Å². The van der Waals surface area contributed by atoms with Gasteiger partial charge in [-0.1, -0.05) is 20.8 Å². The van der Waals surface area contributed by atoms with Gasteiger partial charge in [-0.3, -0.25) is 4.79 Å². The van der Waals surface area contributed by atoms with E-state index >= 15 is 0 Å². The Morgan fingerprint density at radius 2 is 1.92 bits per heavy atom. The second kappa shape index (κ2) is 3.17. The van der Waals surface area contributed by atoms with Crippen LogP contribution in [0.4, 0.5) is 0 Å². The number of carbonyl (C=O) groups is 1. The Kier molecular flexibility index (Phi) is 2.57. The largest absolute Gasteiger partial charge is 0.380 e. The van der Waals surface area contributed by atoms with E-state index in [-0.39, 0.29) is 17.4 Å². The van der Waals surface area contributed by atoms with Gasteiger partial charge in [-0.2, -0.15) is 0 Å². The van der Waals surface area contributed by atoms with E-state index in [2.05, 4.69) is 13.8 Å². The zero-order valence-corrected chi connectivity index (χ0v) is 8.39. The molecular formula is C10H18O2. The van der Waals surface area contributed by atoms with Crippen molar-refractivity contribution in [2.45, 2.75) is 39.7 Å². The van der Waals surface area contributed by atoms with Crippen LogP contribution in [0.15, 0.2) is 0 Å². The molecule has 0 saturated heterocycles. The van der Waals surface area contributed by atoms with Crippen molar-refractivity contribution in [2.24, 2.45) is 11.3 Å². The number of ketones is 1. The monoisotopic (exact) mass is 170 g/mol. The summed E-state index contributed by atoms with van der Waals surface area (Å²) < 4.78 is 5.35. The van der Waals surface area contributed by atoms with E-state index < -0.39 is 0 Å². The first kappa shape index (κ1) is 9.72. The van der Waals surface area contributed by atoms with Gasteiger partial charge in [-0.25, -0.2) is 0 Å². The SMILES string of the molecule is CCC1(CC)C(=O)[C@H](C)[C@@H]1OC. The zero-order chi connectivity index (χ0) is 9.35. The lowest BCUT2D eigenvalue weighted by molar-refractivity contribution is -0.175. The fourth-order valence-corrected chi connectivity index (χ4v) is 2.54. The second-order valence-electron chi connectivity index (χ2n) is 3.67. The maximum atomic E-state index is 11.6. The lowest BCUT2D eigenvalue weighted by atomic mass is 9.56. The predicted octanol–water partition coefficient (Wildman–Crippen LogP) is 2.03. The molecule has 2 atom stereocenters. The Hall–Kier alpha value is -0.370. The Balaban J connectivity index is 2.81. The van der Waals surface area contributed by atoms with Crippen molar-refractivity contribution in [3.05, 3.63) is 0 Å². The van der Waals surface area contributed by atoms with E-state index in [4.69, 9.17) is 4.74 Å². The maximum absolute atomic E-state index is 11.6. The average molecular weight is 170 g/mol. The van der Waals surface area contributed by atoms with Gasteiger partial charge in [0.1, 0.15) is 5.78 Å². The summed E-state index contributed by atoms with van der Waals surface area (Å²) >= 11 is 0. The van der Waals surface area contributed by atoms with E-state index in [0.717, 1.165) is 12.8 Å². The third kappa shape index (κ3) is 0.939. The first-order valence-corrected chi connectivity index (χ1v) is 4.71. The van der Waals surface area contributed by atoms with Crippen LogP contribution < -0.4 is 0 Å². The van der Waals surface area contributed by atoms with Gasteiger partial charge in [0.25, 0.3) is 0 Å². The van der Waals surface area contributed by atoms with E-state index in [1.807, 2.05) is 6.92 Å². The molecule has 2 nitrogen and oxygen atoms in total. The summed E-state index contributed by atoms with van der Waals surface area (Å²) in [6, 6.07) is 0. The summed E-state index contributed by atoms with van der Waals surface area (Å²) in [6.07, 6.45) is 1.97. The topological polar surface area (TPSA) is 26.3 Å². The standard InChI is InChI=1S/C10H18O2/c1-5-10(6-2)8(11)7(3)9(10)12-4/h7,9H,5-6H2,1-4H3/t7-,9-/m0/s1. The van der Waals surface area contributed by atoms with E-state index in [0.29, 0.717) is 5.78 Å². The normalized spacial score (nSPS) is 33.2. The summed E-state index contributed by atoms with van der Waals surface area (Å²) in [5.74, 6) is 0.495. The molecule has 1 saturated carbocycles. The van der Waals surface area contributed by atoms with Crippen LogP contribution in [0.5, 0.6) is 0 Å². The molecule has 1 aliphatic rings. The van der Waals surface area contributed by atoms with Crippen molar-refractivity contribution in [1.29, 1.82) is 0 Å². The van der Waals surface area contributed by atoms with Crippen molar-refractivity contribution in [3.63, 3.8) is 0 Å². The van der Waals surface area contributed by atoms with Crippen molar-refractivity contribution < 1.29 is 9.53 Å². The Bertz CT molecular complexity index is 182. The highest BCUT2D eigenvalue weighted by atomic mass is 16.5. The molecule has 1 rings (SSSR count). The summed E-state index contributed by atoms with van der Waals surface area (Å²) in [5, 5.41) is 0. The van der Waals surface area contributed by atoms with Gasteiger partial charge in [0.15, 0.2) is 0 Å². The number of Topliss-reactive ketones (excluding diaryl/α,β-unsaturated/α-hetero) is 1. The van der Waals surface area contributed by atoms with Crippen molar-refractivity contribution in [1.82, 2.24) is 0 Å². The number of ether oxygens (including phenoxy) is 1. The molecule has 0 spiro atoms. The van der Waals surface area contributed by atoms with Crippen LogP contribution in [-0.2, 0) is 9.53 Å². The molecule has 1 fully saturated rings. The highest BCUT2D eigenvalue weighted by Crippen LogP contribution is 2.48. The van der Waals surface area contributed by atoms with Crippen molar-refractivity contribution in [2.75, 3.05) is 7.11 Å². The van der Waals surface area contributed by atoms with Crippen molar-refractivity contribution >= 4 is 5.78 Å². The molecule has 1 aliphatic carbocycles. The van der Waals surface area contributed by atoms with Crippen LogP contribution in [0.3, 0.4) is 0 Å². The predicted molar refractivity (Wildman–Crippen MR) is 48.0 cm³/mol. The van der Waals surface area contributed by atoms with Crippen LogP contribution in [0.1, 0.15) is 33.6 Å². The molecule has 0 N–H and O–H groups in total. The fraction of sp³-hybridized carbons (Fsp3) is 0.900. The van der Waals surface area contributed by atoms with Crippen LogP contribution in [0.25, 0.3) is 0 Å². The molecule has 2 heteroatoms. The number of methoxy groups -OCH3 is 1. The van der Waals surface area contributed by atoms with Gasteiger partial charge >= 0.3 is 0 Å². The number of hydrogen-bond acceptors (Lipinski definition) is 2. The molecule has 0 radical (unpaired) electrons. The number of hydrogen-bond donors (Lipinski definition) is 0. The smallest absolute Gasteiger partial charge is 0.147 e. The summed E-state index contributed by atoms with van der Waals surface area (Å²) in [4.78, 5) is 11.6. The molecule has 0 aromatic rings. The minimum atomic E-state index is -0.159. The number of carbonyl (C=O) groups excluding carboxylic acids is 1. The highest BCUT2D eigenvalue weighted by molar-refractivity contribution is 5.94. The molecular weight excluding hydrogens is 152 g/mol. The second-order valence-corrected chi connectivity index (χ2v) is 3.67. The molecule has 12 heavy (non-hydrogen) atoms. The van der Waals surface area contributed by atoms with E-state index in [1.54, 1.807) is 7.11 Å². The van der Waals surface area contributed by atoms with Gasteiger partial charge in [0, 0.05) is 13.0 Å². The summed E-state index contributed by atoms with van der Waals surface area (Å²) in [6.45, 7) is 6.10. The maximum Gasteiger partial charge on any atom is 0.147 e. The van der Waals surface area contributed by atoms with Crippen molar-refractivity contribution in [3.8, 4) is 0 Å². The third-order valence-electron chi connectivity index (χ3n) is 3.42. The Labute approximate surface area is 74.3 Å². The van der Waals surface area contributed by atoms with Gasteiger partial charge < -0.3 is 4.74 Å². The van der Waals surface area contributed by atoms with Crippen LogP contribution in [0.2, 0.25) is 0 Å². The lowest BCUT2D eigenvalue weighted by Gasteiger charge is -2.50. The fourth-order valence-electron chi connectivity index (χ4n) is 2.54. The quantitative estimate of drug-likeness (QED) is 0.647. The highest BCUT2D eigenvalue weighted by Gasteiger charge is 2.57. The first-order chi connectivity index (χ1) is 5.64. The van der Waals surface area contributed by atoms with Crippen LogP contribution >= 0.6 is 0 Å². The molecule has 0 bridgehead atoms. The lowest BCUT2D eigenvalue weighted by Crippen LogP contribution is -2.60. The Morgan fingerprint density at radius 3 is 2.17 bits per heavy atom. The zero-order valence-electron chi connectivity index (χ0n) is 8.39. The summed E-state index contributed by atoms with van der Waals surface area (Å²) in [7, 11) is 1.70. The van der Waals surface area contributed by atoms with Crippen LogP contribution in [0, 0.1) is 11.3 Å². The third-order valence-corrected chi connectivity index (χ3v) is 3.42. The average Bonchev–Trinajstić information content (AvgIpc) is 2.12. The minimum Gasteiger partial charge on any atom is -0.380 e. The molecule has 0 amide bonds. The summed E-state index contributed by atoms with van der Waals surface area (Å²) in [5.41, 5.74) is -0.159. The van der Waals surface area contributed by atoms with Crippen LogP contribution in [-0.4, -0.2) is 19.0 Å². The number of rotatable bonds is 3. The minimum absolute atomic E-state index is 0.106. The van der Waals surface area contributed by atoms with Gasteiger partial charge in [0.2, 0.25) is 0 Å². The molecule has 0 aromatic heterocycles. The van der Waals surface area contributed by atoms with Gasteiger partial charge in [0.05, 0.1) is 11.5 Å². The molecule has 0 heterocycles. The molecule has 0 aromatic carbocycles. The first-order valence-electron chi connectivity index (χ1n) is 4.71. The van der Waals surface area contributed by atoms with Gasteiger partial charge in [-0.05, 0) is 12.8 Å². The molecule has 0 aliphatic heterocycles. The molecule has 0 unspecified atom stereocenters.